The highest BCUT2D eigenvalue weighted by Gasteiger charge is 2.09. The van der Waals surface area contributed by atoms with Crippen LogP contribution in [0.15, 0.2) is 23.8 Å². The van der Waals surface area contributed by atoms with Gasteiger partial charge < -0.3 is 11.1 Å². The lowest BCUT2D eigenvalue weighted by molar-refractivity contribution is 0.792. The first-order valence-corrected chi connectivity index (χ1v) is 6.37. The van der Waals surface area contributed by atoms with Gasteiger partial charge in [0.15, 0.2) is 0 Å². The third-order valence-corrected chi connectivity index (χ3v) is 3.50. The fourth-order valence-corrected chi connectivity index (χ4v) is 2.20. The fourth-order valence-electron chi connectivity index (χ4n) is 1.51. The van der Waals surface area contributed by atoms with E-state index in [-0.39, 0.29) is 0 Å². The van der Waals surface area contributed by atoms with E-state index in [0.29, 0.717) is 29.5 Å². The number of aromatic nitrogens is 2. The van der Waals surface area contributed by atoms with Gasteiger partial charge in [-0.2, -0.15) is 5.26 Å². The molecule has 0 spiro atoms. The number of nitriles is 1. The van der Waals surface area contributed by atoms with Gasteiger partial charge in [0.25, 0.3) is 0 Å². The molecule has 0 aliphatic rings. The Morgan fingerprint density at radius 2 is 2.39 bits per heavy atom. The van der Waals surface area contributed by atoms with Crippen molar-refractivity contribution in [3.63, 3.8) is 0 Å². The molecule has 0 aliphatic heterocycles. The van der Waals surface area contributed by atoms with Gasteiger partial charge in [0, 0.05) is 30.2 Å². The predicted octanol–water partition coefficient (Wildman–Crippen LogP) is 2.21. The van der Waals surface area contributed by atoms with E-state index in [2.05, 4.69) is 22.2 Å². The van der Waals surface area contributed by atoms with Crippen molar-refractivity contribution < 1.29 is 0 Å². The molecule has 2 rings (SSSR count). The van der Waals surface area contributed by atoms with Crippen molar-refractivity contribution in [2.75, 3.05) is 17.6 Å². The monoisotopic (exact) mass is 259 g/mol. The lowest BCUT2D eigenvalue weighted by Crippen LogP contribution is -2.12. The zero-order valence-corrected chi connectivity index (χ0v) is 10.7. The number of anilines is 2. The standard InChI is InChI=1S/C12H13N5S/c1-8(12-15-2-3-18-12)6-16-11-10(14)4-9(5-13)7-17-11/h2-4,7-8H,6,14H2,1H3,(H,16,17). The van der Waals surface area contributed by atoms with Gasteiger partial charge in [-0.05, 0) is 6.07 Å². The number of nitrogens with two attached hydrogens (primary N) is 1. The number of hydrogen-bond donors (Lipinski definition) is 2. The number of pyridine rings is 1. The van der Waals surface area contributed by atoms with Crippen LogP contribution in [0, 0.1) is 11.3 Å². The molecule has 3 N–H and O–H groups in total. The summed E-state index contributed by atoms with van der Waals surface area (Å²) >= 11 is 1.63. The highest BCUT2D eigenvalue weighted by molar-refractivity contribution is 7.09. The summed E-state index contributed by atoms with van der Waals surface area (Å²) in [6.45, 7) is 2.79. The van der Waals surface area contributed by atoms with Crippen LogP contribution in [0.4, 0.5) is 11.5 Å². The Morgan fingerprint density at radius 3 is 3.00 bits per heavy atom. The summed E-state index contributed by atoms with van der Waals surface area (Å²) < 4.78 is 0. The maximum Gasteiger partial charge on any atom is 0.149 e. The van der Waals surface area contributed by atoms with Crippen molar-refractivity contribution in [1.29, 1.82) is 5.26 Å². The van der Waals surface area contributed by atoms with Crippen molar-refractivity contribution in [3.05, 3.63) is 34.4 Å². The van der Waals surface area contributed by atoms with Gasteiger partial charge in [0.2, 0.25) is 0 Å². The zero-order chi connectivity index (χ0) is 13.0. The van der Waals surface area contributed by atoms with Crippen molar-refractivity contribution in [3.8, 4) is 6.07 Å². The van der Waals surface area contributed by atoms with Crippen molar-refractivity contribution >= 4 is 22.8 Å². The minimum Gasteiger partial charge on any atom is -0.396 e. The van der Waals surface area contributed by atoms with Crippen LogP contribution in [0.5, 0.6) is 0 Å². The summed E-state index contributed by atoms with van der Waals surface area (Å²) in [5.74, 6) is 0.902. The molecule has 1 atom stereocenters. The van der Waals surface area contributed by atoms with E-state index in [4.69, 9.17) is 11.0 Å². The van der Waals surface area contributed by atoms with Gasteiger partial charge in [-0.25, -0.2) is 9.97 Å². The number of nitrogens with one attached hydrogen (secondary N) is 1. The molecule has 0 saturated heterocycles. The Morgan fingerprint density at radius 1 is 1.56 bits per heavy atom. The van der Waals surface area contributed by atoms with Crippen LogP contribution < -0.4 is 11.1 Å². The lowest BCUT2D eigenvalue weighted by Gasteiger charge is -2.12. The minimum atomic E-state index is 0.293. The first-order chi connectivity index (χ1) is 8.70. The summed E-state index contributed by atoms with van der Waals surface area (Å²) in [6, 6.07) is 3.62. The molecule has 2 heterocycles. The summed E-state index contributed by atoms with van der Waals surface area (Å²) in [6.07, 6.45) is 3.30. The Labute approximate surface area is 109 Å². The zero-order valence-electron chi connectivity index (χ0n) is 9.92. The first kappa shape index (κ1) is 12.3. The van der Waals surface area contributed by atoms with E-state index in [0.717, 1.165) is 5.01 Å². The van der Waals surface area contributed by atoms with Crippen molar-refractivity contribution in [2.24, 2.45) is 0 Å². The molecule has 2 aromatic heterocycles. The highest BCUT2D eigenvalue weighted by atomic mass is 32.1. The number of nitrogens with zero attached hydrogens (tertiary/aromatic N) is 3. The molecule has 0 aromatic carbocycles. The van der Waals surface area contributed by atoms with Gasteiger partial charge in [-0.15, -0.1) is 11.3 Å². The lowest BCUT2D eigenvalue weighted by atomic mass is 10.2. The molecule has 5 nitrogen and oxygen atoms in total. The number of hydrogen-bond acceptors (Lipinski definition) is 6. The second kappa shape index (κ2) is 5.47. The van der Waals surface area contributed by atoms with Crippen LogP contribution in [0.1, 0.15) is 23.4 Å². The van der Waals surface area contributed by atoms with Gasteiger partial charge in [-0.3, -0.25) is 0 Å². The highest BCUT2D eigenvalue weighted by Crippen LogP contribution is 2.20. The topological polar surface area (TPSA) is 87.6 Å². The van der Waals surface area contributed by atoms with E-state index in [9.17, 15) is 0 Å². The molecule has 6 heteroatoms. The first-order valence-electron chi connectivity index (χ1n) is 5.49. The Balaban J connectivity index is 2.00. The molecular formula is C12H13N5S. The molecule has 0 aliphatic carbocycles. The SMILES string of the molecule is CC(CNc1ncc(C#N)cc1N)c1nccs1. The predicted molar refractivity (Wildman–Crippen MR) is 72.4 cm³/mol. The van der Waals surface area contributed by atoms with Crippen LogP contribution in [0.2, 0.25) is 0 Å². The minimum absolute atomic E-state index is 0.293. The summed E-state index contributed by atoms with van der Waals surface area (Å²) in [5, 5.41) is 14.9. The second-order valence-electron chi connectivity index (χ2n) is 3.93. The molecule has 1 unspecified atom stereocenters. The van der Waals surface area contributed by atoms with E-state index < -0.39 is 0 Å². The van der Waals surface area contributed by atoms with E-state index >= 15 is 0 Å². The van der Waals surface area contributed by atoms with E-state index in [1.54, 1.807) is 23.6 Å². The third kappa shape index (κ3) is 2.76. The Kier molecular flexibility index (Phi) is 3.75. The molecule has 0 bridgehead atoms. The normalized spacial score (nSPS) is 11.8. The third-order valence-electron chi connectivity index (χ3n) is 2.49. The molecule has 92 valence electrons. The summed E-state index contributed by atoms with van der Waals surface area (Å²) in [5.41, 5.74) is 6.76. The van der Waals surface area contributed by atoms with Crippen LogP contribution in [-0.4, -0.2) is 16.5 Å². The smallest absolute Gasteiger partial charge is 0.149 e. The van der Waals surface area contributed by atoms with Crippen molar-refractivity contribution in [2.45, 2.75) is 12.8 Å². The molecule has 2 aromatic rings. The molecule has 0 saturated carbocycles. The average Bonchev–Trinajstić information content (AvgIpc) is 2.90. The fraction of sp³-hybridized carbons (Fsp3) is 0.250. The molecule has 0 radical (unpaired) electrons. The maximum absolute atomic E-state index is 8.72. The largest absolute Gasteiger partial charge is 0.396 e. The van der Waals surface area contributed by atoms with Gasteiger partial charge in [0.05, 0.1) is 16.3 Å². The second-order valence-corrected chi connectivity index (χ2v) is 4.85. The quantitative estimate of drug-likeness (QED) is 0.878. The van der Waals surface area contributed by atoms with Crippen molar-refractivity contribution in [1.82, 2.24) is 9.97 Å². The number of rotatable bonds is 4. The van der Waals surface area contributed by atoms with Crippen LogP contribution in [0.25, 0.3) is 0 Å². The Bertz CT molecular complexity index is 558. The molecule has 0 amide bonds. The van der Waals surface area contributed by atoms with Crippen LogP contribution >= 0.6 is 11.3 Å². The van der Waals surface area contributed by atoms with Gasteiger partial charge in [-0.1, -0.05) is 6.92 Å². The molecule has 0 fully saturated rings. The number of nitrogen functional groups attached to an aromatic ring is 1. The average molecular weight is 259 g/mol. The van der Waals surface area contributed by atoms with Crippen LogP contribution in [-0.2, 0) is 0 Å². The van der Waals surface area contributed by atoms with Gasteiger partial charge in [0.1, 0.15) is 11.9 Å². The Hall–Kier alpha value is -2.13. The van der Waals surface area contributed by atoms with E-state index in [1.165, 1.54) is 6.20 Å². The van der Waals surface area contributed by atoms with Gasteiger partial charge >= 0.3 is 0 Å². The molecular weight excluding hydrogens is 246 g/mol. The van der Waals surface area contributed by atoms with Crippen LogP contribution in [0.3, 0.4) is 0 Å². The van der Waals surface area contributed by atoms with E-state index in [1.807, 2.05) is 11.4 Å². The maximum atomic E-state index is 8.72. The summed E-state index contributed by atoms with van der Waals surface area (Å²) in [7, 11) is 0. The number of thiazole rings is 1. The molecule has 18 heavy (non-hydrogen) atoms. The summed E-state index contributed by atoms with van der Waals surface area (Å²) in [4.78, 5) is 8.39.